The highest BCUT2D eigenvalue weighted by atomic mass is 16.2. The maximum absolute atomic E-state index is 12.1. The SMILES string of the molecule is CCNC(=O)Nc1ccccc1N(c1ccncc1C(N)=O)c1ccnn1C. The summed E-state index contributed by atoms with van der Waals surface area (Å²) in [5.74, 6) is 0.0725. The van der Waals surface area contributed by atoms with Crippen molar-refractivity contribution in [2.75, 3.05) is 16.8 Å². The lowest BCUT2D eigenvalue weighted by molar-refractivity contribution is 0.100. The molecule has 2 aromatic heterocycles. The number of nitrogens with zero attached hydrogens (tertiary/aromatic N) is 4. The number of benzene rings is 1. The van der Waals surface area contributed by atoms with Gasteiger partial charge in [-0.05, 0) is 25.1 Å². The highest BCUT2D eigenvalue weighted by Crippen LogP contribution is 2.39. The number of hydrogen-bond acceptors (Lipinski definition) is 5. The molecule has 3 aromatic rings. The number of pyridine rings is 1. The van der Waals surface area contributed by atoms with Gasteiger partial charge in [0.25, 0.3) is 5.91 Å². The minimum Gasteiger partial charge on any atom is -0.365 e. The zero-order chi connectivity index (χ0) is 20.1. The molecule has 0 aliphatic carbocycles. The van der Waals surface area contributed by atoms with Gasteiger partial charge in [-0.1, -0.05) is 12.1 Å². The second-order valence-corrected chi connectivity index (χ2v) is 5.91. The van der Waals surface area contributed by atoms with Gasteiger partial charge in [-0.3, -0.25) is 19.4 Å². The molecule has 0 aliphatic rings. The molecule has 0 saturated heterocycles. The number of aromatic nitrogens is 3. The Morgan fingerprint density at radius 2 is 1.93 bits per heavy atom. The summed E-state index contributed by atoms with van der Waals surface area (Å²) in [6.07, 6.45) is 4.64. The van der Waals surface area contributed by atoms with Gasteiger partial charge in [0.15, 0.2) is 0 Å². The molecule has 144 valence electrons. The van der Waals surface area contributed by atoms with Crippen LogP contribution in [0.25, 0.3) is 0 Å². The van der Waals surface area contributed by atoms with E-state index in [1.807, 2.05) is 25.1 Å². The zero-order valence-corrected chi connectivity index (χ0v) is 15.6. The number of rotatable bonds is 6. The lowest BCUT2D eigenvalue weighted by Gasteiger charge is -2.28. The van der Waals surface area contributed by atoms with Gasteiger partial charge in [0.05, 0.1) is 28.8 Å². The minimum absolute atomic E-state index is 0.247. The van der Waals surface area contributed by atoms with E-state index in [4.69, 9.17) is 5.73 Å². The molecule has 4 N–H and O–H groups in total. The number of nitrogens with one attached hydrogen (secondary N) is 2. The van der Waals surface area contributed by atoms with E-state index in [-0.39, 0.29) is 11.6 Å². The van der Waals surface area contributed by atoms with E-state index >= 15 is 0 Å². The minimum atomic E-state index is -0.607. The van der Waals surface area contributed by atoms with Crippen LogP contribution >= 0.6 is 0 Å². The summed E-state index contributed by atoms with van der Waals surface area (Å²) in [6, 6.07) is 10.4. The Morgan fingerprint density at radius 1 is 1.14 bits per heavy atom. The third-order valence-corrected chi connectivity index (χ3v) is 4.06. The van der Waals surface area contributed by atoms with Crippen molar-refractivity contribution in [1.82, 2.24) is 20.1 Å². The van der Waals surface area contributed by atoms with Crippen molar-refractivity contribution in [1.29, 1.82) is 0 Å². The Morgan fingerprint density at radius 3 is 2.61 bits per heavy atom. The maximum Gasteiger partial charge on any atom is 0.319 e. The molecule has 0 atom stereocenters. The zero-order valence-electron chi connectivity index (χ0n) is 15.6. The van der Waals surface area contributed by atoms with Gasteiger partial charge in [-0.15, -0.1) is 0 Å². The summed E-state index contributed by atoms with van der Waals surface area (Å²) in [5, 5.41) is 9.77. The van der Waals surface area contributed by atoms with Gasteiger partial charge in [-0.2, -0.15) is 5.10 Å². The Kier molecular flexibility index (Phi) is 5.54. The van der Waals surface area contributed by atoms with Crippen LogP contribution in [0.3, 0.4) is 0 Å². The van der Waals surface area contributed by atoms with Crippen molar-refractivity contribution in [2.24, 2.45) is 12.8 Å². The Labute approximate surface area is 162 Å². The first kappa shape index (κ1) is 18.9. The Bertz CT molecular complexity index is 999. The molecule has 0 aliphatic heterocycles. The fraction of sp³-hybridized carbons (Fsp3) is 0.158. The molecule has 0 fully saturated rings. The van der Waals surface area contributed by atoms with Crippen LogP contribution in [0.2, 0.25) is 0 Å². The number of amides is 3. The van der Waals surface area contributed by atoms with Gasteiger partial charge in [-0.25, -0.2) is 4.79 Å². The number of carbonyl (C=O) groups excluding carboxylic acids is 2. The quantitative estimate of drug-likeness (QED) is 0.608. The van der Waals surface area contributed by atoms with E-state index in [0.29, 0.717) is 29.4 Å². The Balaban J connectivity index is 2.20. The second kappa shape index (κ2) is 8.21. The number of primary amides is 1. The molecular formula is C19H21N7O2. The molecule has 0 spiro atoms. The fourth-order valence-corrected chi connectivity index (χ4v) is 2.84. The highest BCUT2D eigenvalue weighted by Gasteiger charge is 2.23. The topological polar surface area (TPSA) is 118 Å². The summed E-state index contributed by atoms with van der Waals surface area (Å²) >= 11 is 0. The highest BCUT2D eigenvalue weighted by molar-refractivity contribution is 6.02. The van der Waals surface area contributed by atoms with Crippen molar-refractivity contribution in [3.05, 3.63) is 60.6 Å². The molecule has 1 aromatic carbocycles. The molecule has 9 nitrogen and oxygen atoms in total. The monoisotopic (exact) mass is 379 g/mol. The smallest absolute Gasteiger partial charge is 0.319 e. The number of para-hydroxylation sites is 2. The lowest BCUT2D eigenvalue weighted by atomic mass is 10.1. The van der Waals surface area contributed by atoms with Gasteiger partial charge < -0.3 is 16.4 Å². The Hall–Kier alpha value is -3.88. The summed E-state index contributed by atoms with van der Waals surface area (Å²) < 4.78 is 1.66. The molecule has 0 bridgehead atoms. The van der Waals surface area contributed by atoms with Crippen LogP contribution < -0.4 is 21.3 Å². The van der Waals surface area contributed by atoms with E-state index in [1.54, 1.807) is 47.2 Å². The van der Waals surface area contributed by atoms with Crippen LogP contribution in [0, 0.1) is 0 Å². The number of nitrogens with two attached hydrogens (primary N) is 1. The molecule has 0 unspecified atom stereocenters. The molecule has 0 saturated carbocycles. The molecule has 9 heteroatoms. The normalized spacial score (nSPS) is 10.4. The summed E-state index contributed by atoms with van der Waals surface area (Å²) in [4.78, 5) is 29.9. The number of carbonyl (C=O) groups is 2. The summed E-state index contributed by atoms with van der Waals surface area (Å²) in [7, 11) is 1.79. The van der Waals surface area contributed by atoms with Gasteiger partial charge in [0.2, 0.25) is 0 Å². The van der Waals surface area contributed by atoms with Gasteiger partial charge in [0.1, 0.15) is 5.82 Å². The molecule has 28 heavy (non-hydrogen) atoms. The third kappa shape index (κ3) is 3.78. The van der Waals surface area contributed by atoms with Crippen LogP contribution in [-0.4, -0.2) is 33.2 Å². The number of hydrogen-bond donors (Lipinski definition) is 3. The average molecular weight is 379 g/mol. The van der Waals surface area contributed by atoms with Crippen molar-refractivity contribution in [3.63, 3.8) is 0 Å². The molecule has 3 rings (SSSR count). The standard InChI is InChI=1S/C19H21N7O2/c1-3-22-19(28)24-14-6-4-5-7-16(14)26(17-9-11-23-25(17)2)15-8-10-21-12-13(15)18(20)27/h4-12H,3H2,1-2H3,(H2,20,27)(H2,22,24,28). The van der Waals surface area contributed by atoms with E-state index in [0.717, 1.165) is 0 Å². The van der Waals surface area contributed by atoms with E-state index in [1.165, 1.54) is 6.20 Å². The average Bonchev–Trinajstić information content (AvgIpc) is 3.09. The number of anilines is 4. The second-order valence-electron chi connectivity index (χ2n) is 5.91. The molecule has 3 amide bonds. The van der Waals surface area contributed by atoms with Gasteiger partial charge >= 0.3 is 6.03 Å². The van der Waals surface area contributed by atoms with E-state index in [9.17, 15) is 9.59 Å². The first-order chi connectivity index (χ1) is 13.5. The lowest BCUT2D eigenvalue weighted by Crippen LogP contribution is -2.29. The van der Waals surface area contributed by atoms with Crippen molar-refractivity contribution in [3.8, 4) is 0 Å². The number of urea groups is 1. The fourth-order valence-electron chi connectivity index (χ4n) is 2.84. The summed E-state index contributed by atoms with van der Waals surface area (Å²) in [5.41, 5.74) is 7.55. The molecule has 0 radical (unpaired) electrons. The van der Waals surface area contributed by atoms with Gasteiger partial charge in [0, 0.05) is 32.1 Å². The van der Waals surface area contributed by atoms with Crippen LogP contribution in [0.4, 0.5) is 27.7 Å². The van der Waals surface area contributed by atoms with Crippen LogP contribution in [0.1, 0.15) is 17.3 Å². The summed E-state index contributed by atoms with van der Waals surface area (Å²) in [6.45, 7) is 2.33. The number of aryl methyl sites for hydroxylation is 1. The third-order valence-electron chi connectivity index (χ3n) is 4.06. The predicted octanol–water partition coefficient (Wildman–Crippen LogP) is 2.53. The van der Waals surface area contributed by atoms with Crippen molar-refractivity contribution in [2.45, 2.75) is 6.92 Å². The first-order valence-corrected chi connectivity index (χ1v) is 8.68. The first-order valence-electron chi connectivity index (χ1n) is 8.68. The predicted molar refractivity (Wildman–Crippen MR) is 107 cm³/mol. The van der Waals surface area contributed by atoms with Crippen molar-refractivity contribution >= 4 is 34.8 Å². The molecule has 2 heterocycles. The van der Waals surface area contributed by atoms with Crippen molar-refractivity contribution < 1.29 is 9.59 Å². The van der Waals surface area contributed by atoms with E-state index in [2.05, 4.69) is 20.7 Å². The van der Waals surface area contributed by atoms with Crippen LogP contribution in [-0.2, 0) is 7.05 Å². The van der Waals surface area contributed by atoms with Crippen LogP contribution in [0.5, 0.6) is 0 Å². The van der Waals surface area contributed by atoms with E-state index < -0.39 is 5.91 Å². The van der Waals surface area contributed by atoms with Crippen LogP contribution in [0.15, 0.2) is 55.0 Å². The molecular weight excluding hydrogens is 358 g/mol. The maximum atomic E-state index is 12.1. The largest absolute Gasteiger partial charge is 0.365 e.